The number of nitriles is 1. The minimum Gasteiger partial charge on any atom is -0.444 e. The molecule has 0 bridgehead atoms. The van der Waals surface area contributed by atoms with Gasteiger partial charge in [0.2, 0.25) is 5.91 Å². The second-order valence-corrected chi connectivity index (χ2v) is 9.39. The molecular formula is C26H27N5O3. The van der Waals surface area contributed by atoms with E-state index < -0.39 is 11.7 Å². The summed E-state index contributed by atoms with van der Waals surface area (Å²) in [6.45, 7) is 7.10. The van der Waals surface area contributed by atoms with Gasteiger partial charge in [0.05, 0.1) is 17.6 Å². The van der Waals surface area contributed by atoms with Crippen LogP contribution in [0.1, 0.15) is 56.5 Å². The van der Waals surface area contributed by atoms with Crippen LogP contribution in [0.5, 0.6) is 0 Å². The molecule has 0 fully saturated rings. The average Bonchev–Trinajstić information content (AvgIpc) is 3.22. The van der Waals surface area contributed by atoms with Crippen LogP contribution in [0, 0.1) is 11.3 Å². The van der Waals surface area contributed by atoms with E-state index in [1.54, 1.807) is 26.8 Å². The fourth-order valence-corrected chi connectivity index (χ4v) is 4.01. The summed E-state index contributed by atoms with van der Waals surface area (Å²) in [6, 6.07) is 13.3. The highest BCUT2D eigenvalue weighted by atomic mass is 16.6. The van der Waals surface area contributed by atoms with E-state index in [2.05, 4.69) is 21.4 Å². The lowest BCUT2D eigenvalue weighted by Gasteiger charge is -2.22. The van der Waals surface area contributed by atoms with Gasteiger partial charge in [-0.25, -0.2) is 14.8 Å². The Bertz CT molecular complexity index is 1320. The van der Waals surface area contributed by atoms with Gasteiger partial charge in [0.1, 0.15) is 17.5 Å². The third kappa shape index (κ3) is 5.15. The lowest BCUT2D eigenvalue weighted by Crippen LogP contribution is -2.30. The second-order valence-electron chi connectivity index (χ2n) is 9.39. The Hall–Kier alpha value is -3.99. The normalized spacial score (nSPS) is 12.7. The number of amides is 2. The molecule has 3 aromatic rings. The summed E-state index contributed by atoms with van der Waals surface area (Å²) < 4.78 is 5.29. The molecular weight excluding hydrogens is 430 g/mol. The third-order valence-corrected chi connectivity index (χ3v) is 5.51. The monoisotopic (exact) mass is 457 g/mol. The van der Waals surface area contributed by atoms with Crippen molar-refractivity contribution in [3.63, 3.8) is 0 Å². The first-order valence-electron chi connectivity index (χ1n) is 11.2. The maximum Gasteiger partial charge on any atom is 0.413 e. The Labute approximate surface area is 198 Å². The molecule has 2 heterocycles. The zero-order valence-corrected chi connectivity index (χ0v) is 19.8. The molecule has 1 aliphatic carbocycles. The highest BCUT2D eigenvalue weighted by molar-refractivity contribution is 5.92. The predicted molar refractivity (Wildman–Crippen MR) is 129 cm³/mol. The van der Waals surface area contributed by atoms with Crippen molar-refractivity contribution in [3.8, 4) is 6.07 Å². The van der Waals surface area contributed by atoms with Crippen LogP contribution in [0.25, 0.3) is 10.9 Å². The van der Waals surface area contributed by atoms with Gasteiger partial charge in [0, 0.05) is 18.0 Å². The third-order valence-electron chi connectivity index (χ3n) is 5.51. The quantitative estimate of drug-likeness (QED) is 0.598. The van der Waals surface area contributed by atoms with Crippen molar-refractivity contribution in [2.75, 3.05) is 10.2 Å². The summed E-state index contributed by atoms with van der Waals surface area (Å²) in [7, 11) is 0. The molecule has 4 rings (SSSR count). The van der Waals surface area contributed by atoms with Crippen LogP contribution in [0.4, 0.5) is 16.4 Å². The number of ether oxygens (including phenoxy) is 1. The number of benzene rings is 1. The van der Waals surface area contributed by atoms with Gasteiger partial charge in [-0.1, -0.05) is 12.1 Å². The summed E-state index contributed by atoms with van der Waals surface area (Å²) in [5, 5.41) is 13.2. The first-order valence-corrected chi connectivity index (χ1v) is 11.2. The highest BCUT2D eigenvalue weighted by Crippen LogP contribution is 2.28. The van der Waals surface area contributed by atoms with Crippen LogP contribution in [0.3, 0.4) is 0 Å². The van der Waals surface area contributed by atoms with Crippen molar-refractivity contribution >= 4 is 34.5 Å². The van der Waals surface area contributed by atoms with Crippen LogP contribution < -0.4 is 10.2 Å². The number of nitrogens with one attached hydrogen (secondary N) is 1. The molecule has 0 atom stereocenters. The lowest BCUT2D eigenvalue weighted by molar-refractivity contribution is -0.116. The topological polar surface area (TPSA) is 108 Å². The van der Waals surface area contributed by atoms with Gasteiger partial charge in [-0.3, -0.25) is 15.0 Å². The van der Waals surface area contributed by atoms with Crippen molar-refractivity contribution in [1.29, 1.82) is 5.26 Å². The molecule has 34 heavy (non-hydrogen) atoms. The van der Waals surface area contributed by atoms with E-state index in [-0.39, 0.29) is 12.5 Å². The van der Waals surface area contributed by atoms with Crippen LogP contribution >= 0.6 is 0 Å². The molecule has 0 radical (unpaired) electrons. The minimum atomic E-state index is -0.613. The van der Waals surface area contributed by atoms with Crippen molar-refractivity contribution in [2.45, 2.75) is 59.1 Å². The molecule has 8 nitrogen and oxygen atoms in total. The van der Waals surface area contributed by atoms with E-state index in [0.29, 0.717) is 22.7 Å². The molecule has 2 aromatic heterocycles. The Kier molecular flexibility index (Phi) is 6.20. The Balaban J connectivity index is 1.62. The molecule has 1 aromatic carbocycles. The number of aromatic nitrogens is 2. The van der Waals surface area contributed by atoms with Gasteiger partial charge in [0.15, 0.2) is 5.82 Å². The number of pyridine rings is 2. The van der Waals surface area contributed by atoms with E-state index in [9.17, 15) is 14.9 Å². The SMILES string of the molecule is CC(=O)N(Cc1ccc2ccc(NC(=O)OC(C)(C)C)nc2c1)c1nc2c(cc1C#N)CCC2. The molecule has 1 N–H and O–H groups in total. The smallest absolute Gasteiger partial charge is 0.413 e. The van der Waals surface area contributed by atoms with Crippen LogP contribution in [0.2, 0.25) is 0 Å². The zero-order chi connectivity index (χ0) is 24.5. The number of carbonyl (C=O) groups is 2. The lowest BCUT2D eigenvalue weighted by atomic mass is 10.1. The van der Waals surface area contributed by atoms with E-state index >= 15 is 0 Å². The van der Waals surface area contributed by atoms with Gasteiger partial charge in [-0.15, -0.1) is 0 Å². The summed E-state index contributed by atoms with van der Waals surface area (Å²) in [5.74, 6) is 0.564. The van der Waals surface area contributed by atoms with Crippen molar-refractivity contribution in [2.24, 2.45) is 0 Å². The van der Waals surface area contributed by atoms with E-state index in [4.69, 9.17) is 4.74 Å². The molecule has 0 saturated heterocycles. The molecule has 0 unspecified atom stereocenters. The highest BCUT2D eigenvalue weighted by Gasteiger charge is 2.23. The average molecular weight is 458 g/mol. The van der Waals surface area contributed by atoms with Crippen LogP contribution in [-0.2, 0) is 28.9 Å². The molecule has 8 heteroatoms. The summed E-state index contributed by atoms with van der Waals surface area (Å²) in [5.41, 5.74) is 3.33. The standard InChI is InChI=1S/C26H27N5O3/c1-16(32)31(24-20(14-27)13-19-6-5-7-21(19)29-24)15-17-8-9-18-10-11-23(28-22(18)12-17)30-25(33)34-26(2,3)4/h8-13H,5-7,15H2,1-4H3,(H,28,30,33). The first-order chi connectivity index (χ1) is 16.1. The zero-order valence-electron chi connectivity index (χ0n) is 19.8. The number of hydrogen-bond donors (Lipinski definition) is 1. The van der Waals surface area contributed by atoms with Gasteiger partial charge in [-0.2, -0.15) is 5.26 Å². The Morgan fingerprint density at radius 3 is 2.62 bits per heavy atom. The Morgan fingerprint density at radius 2 is 1.91 bits per heavy atom. The van der Waals surface area contributed by atoms with E-state index in [1.165, 1.54) is 11.8 Å². The molecule has 174 valence electrons. The second kappa shape index (κ2) is 9.10. The first kappa shape index (κ1) is 23.2. The number of rotatable bonds is 4. The van der Waals surface area contributed by atoms with Gasteiger partial charge >= 0.3 is 6.09 Å². The number of fused-ring (bicyclic) bond motifs is 2. The minimum absolute atomic E-state index is 0.199. The largest absolute Gasteiger partial charge is 0.444 e. The number of aryl methyl sites for hydroxylation is 2. The number of anilines is 2. The maximum absolute atomic E-state index is 12.6. The van der Waals surface area contributed by atoms with Crippen molar-refractivity contribution in [3.05, 3.63) is 58.8 Å². The summed E-state index contributed by atoms with van der Waals surface area (Å²) in [6.07, 6.45) is 2.19. The fraction of sp³-hybridized carbons (Fsp3) is 0.346. The molecule has 2 amide bonds. The number of nitrogens with zero attached hydrogens (tertiary/aromatic N) is 4. The summed E-state index contributed by atoms with van der Waals surface area (Å²) >= 11 is 0. The summed E-state index contributed by atoms with van der Waals surface area (Å²) in [4.78, 5) is 35.4. The van der Waals surface area contributed by atoms with Gasteiger partial charge in [0.25, 0.3) is 0 Å². The number of hydrogen-bond acceptors (Lipinski definition) is 6. The van der Waals surface area contributed by atoms with Gasteiger partial charge in [-0.05, 0) is 75.4 Å². The van der Waals surface area contributed by atoms with Crippen LogP contribution in [-0.4, -0.2) is 27.6 Å². The Morgan fingerprint density at radius 1 is 1.15 bits per heavy atom. The van der Waals surface area contributed by atoms with Gasteiger partial charge < -0.3 is 4.74 Å². The van der Waals surface area contributed by atoms with Crippen molar-refractivity contribution in [1.82, 2.24) is 9.97 Å². The van der Waals surface area contributed by atoms with Crippen LogP contribution in [0.15, 0.2) is 36.4 Å². The molecule has 0 aliphatic heterocycles. The molecule has 1 aliphatic rings. The van der Waals surface area contributed by atoms with E-state index in [1.807, 2.05) is 30.3 Å². The number of carbonyl (C=O) groups excluding carboxylic acids is 2. The van der Waals surface area contributed by atoms with Crippen molar-refractivity contribution < 1.29 is 14.3 Å². The predicted octanol–water partition coefficient (Wildman–Crippen LogP) is 4.89. The molecule has 0 spiro atoms. The fourth-order valence-electron chi connectivity index (χ4n) is 4.01. The maximum atomic E-state index is 12.6. The molecule has 0 saturated carbocycles. The van der Waals surface area contributed by atoms with E-state index in [0.717, 1.165) is 41.5 Å².